The first-order valence-electron chi connectivity index (χ1n) is 21.7. The van der Waals surface area contributed by atoms with Crippen molar-refractivity contribution in [2.24, 2.45) is 0 Å². The van der Waals surface area contributed by atoms with E-state index in [9.17, 15) is 29.1 Å². The Bertz CT molecular complexity index is 2480. The lowest BCUT2D eigenvalue weighted by Gasteiger charge is -2.27. The number of carboxylic acids is 1. The van der Waals surface area contributed by atoms with Crippen molar-refractivity contribution in [1.29, 1.82) is 0 Å². The third kappa shape index (κ3) is 12.7. The van der Waals surface area contributed by atoms with Crippen LogP contribution in [0.2, 0.25) is 0 Å². The number of fused-ring (bicyclic) bond motifs is 4. The smallest absolute Gasteiger partial charge is 0.419 e. The lowest BCUT2D eigenvalue weighted by molar-refractivity contribution is -0.143. The Morgan fingerprint density at radius 3 is 1.80 bits per heavy atom. The zero-order valence-electron chi connectivity index (χ0n) is 38.5. The molecule has 0 spiro atoms. The molecule has 1 heterocycles. The number of aliphatic carboxylic acids is 1. The fourth-order valence-corrected chi connectivity index (χ4v) is 7.63. The van der Waals surface area contributed by atoms with Gasteiger partial charge >= 0.3 is 18.2 Å². The molecule has 14 nitrogen and oxygen atoms in total. The SMILES string of the molecule is CC(C)(C)OC[C@H](NC(=O)[C@H](Cc1cn(C(=O)OC(C)(C)C)c2ccccc12)NC(=O)OCC1c2ccccc2-c2ccccc21)C(=O)N[C@@H](Cc1ccc(OC(C)(C)C)cc1)C(=O)O. The molecule has 1 aliphatic carbocycles. The summed E-state index contributed by atoms with van der Waals surface area (Å²) in [4.78, 5) is 68.5. The van der Waals surface area contributed by atoms with E-state index in [-0.39, 0.29) is 32.0 Å². The molecule has 0 radical (unpaired) electrons. The van der Waals surface area contributed by atoms with E-state index in [2.05, 4.69) is 16.0 Å². The number of amides is 3. The number of ether oxygens (including phenoxy) is 4. The van der Waals surface area contributed by atoms with Crippen LogP contribution >= 0.6 is 0 Å². The van der Waals surface area contributed by atoms with Crippen molar-refractivity contribution in [3.63, 3.8) is 0 Å². The molecule has 3 amide bonds. The van der Waals surface area contributed by atoms with Gasteiger partial charge < -0.3 is 40.0 Å². The molecule has 0 aliphatic heterocycles. The minimum atomic E-state index is -1.40. The maximum atomic E-state index is 14.6. The second-order valence-electron chi connectivity index (χ2n) is 19.2. The minimum Gasteiger partial charge on any atom is -0.488 e. The molecule has 1 aromatic heterocycles. The standard InChI is InChI=1S/C51H60N4O10/c1-49(2,3)63-30-42(45(57)52-41(46(58)59)26-31-22-24-33(25-23-31)64-50(4,5)6)53-44(56)40(27-32-28-55(48(61)65-51(7,8)9)43-21-15-14-16-34(32)43)54-47(60)62-29-39-37-19-12-10-17-35(37)36-18-11-13-20-38(36)39/h10-25,28,39-42H,26-27,29-30H2,1-9H3,(H,52,57)(H,53,56)(H,54,60)(H,58,59)/t40-,41-,42-/m0/s1. The normalized spacial score (nSPS) is 14.0. The predicted molar refractivity (Wildman–Crippen MR) is 247 cm³/mol. The Labute approximate surface area is 380 Å². The topological polar surface area (TPSA) is 184 Å². The average Bonchev–Trinajstić information content (AvgIpc) is 3.75. The van der Waals surface area contributed by atoms with Crippen LogP contribution in [0.15, 0.2) is 103 Å². The number of para-hydroxylation sites is 1. The van der Waals surface area contributed by atoms with Gasteiger partial charge in [-0.2, -0.15) is 0 Å². The number of alkyl carbamates (subject to hydrolysis) is 1. The van der Waals surface area contributed by atoms with E-state index in [1.165, 1.54) is 4.57 Å². The van der Waals surface area contributed by atoms with Crippen LogP contribution < -0.4 is 20.7 Å². The van der Waals surface area contributed by atoms with Gasteiger partial charge in [0.1, 0.15) is 41.7 Å². The van der Waals surface area contributed by atoms with E-state index < -0.39 is 64.9 Å². The first-order chi connectivity index (χ1) is 30.5. The van der Waals surface area contributed by atoms with Crippen molar-refractivity contribution in [1.82, 2.24) is 20.5 Å². The second kappa shape index (κ2) is 19.6. The van der Waals surface area contributed by atoms with Gasteiger partial charge in [-0.1, -0.05) is 78.9 Å². The number of nitrogens with one attached hydrogen (secondary N) is 3. The van der Waals surface area contributed by atoms with Gasteiger partial charge in [-0.25, -0.2) is 14.4 Å². The minimum absolute atomic E-state index is 0.0283. The van der Waals surface area contributed by atoms with Gasteiger partial charge in [-0.15, -0.1) is 0 Å². The zero-order valence-corrected chi connectivity index (χ0v) is 38.5. The Balaban J connectivity index is 1.27. The zero-order chi connectivity index (χ0) is 47.3. The second-order valence-corrected chi connectivity index (χ2v) is 19.2. The molecule has 0 fully saturated rings. The molecule has 0 saturated carbocycles. The largest absolute Gasteiger partial charge is 0.488 e. The predicted octanol–water partition coefficient (Wildman–Crippen LogP) is 8.16. The molecule has 344 valence electrons. The maximum Gasteiger partial charge on any atom is 0.419 e. The molecule has 6 rings (SSSR count). The van der Waals surface area contributed by atoms with Crippen molar-refractivity contribution in [2.75, 3.05) is 13.2 Å². The van der Waals surface area contributed by atoms with Crippen molar-refractivity contribution in [2.45, 2.75) is 116 Å². The summed E-state index contributed by atoms with van der Waals surface area (Å²) >= 11 is 0. The summed E-state index contributed by atoms with van der Waals surface area (Å²) in [5, 5.41) is 18.9. The monoisotopic (exact) mass is 888 g/mol. The average molecular weight is 889 g/mol. The maximum absolute atomic E-state index is 14.6. The lowest BCUT2D eigenvalue weighted by atomic mass is 9.98. The first kappa shape index (κ1) is 47.8. The van der Waals surface area contributed by atoms with E-state index in [1.54, 1.807) is 96.3 Å². The van der Waals surface area contributed by atoms with Crippen LogP contribution in [0.3, 0.4) is 0 Å². The molecule has 4 N–H and O–H groups in total. The van der Waals surface area contributed by atoms with Gasteiger partial charge in [0.2, 0.25) is 11.8 Å². The number of nitrogens with zero attached hydrogens (tertiary/aromatic N) is 1. The van der Waals surface area contributed by atoms with Gasteiger partial charge in [0.05, 0.1) is 17.7 Å². The van der Waals surface area contributed by atoms with Crippen LogP contribution in [0.4, 0.5) is 9.59 Å². The molecule has 65 heavy (non-hydrogen) atoms. The van der Waals surface area contributed by atoms with Crippen LogP contribution in [-0.2, 0) is 41.4 Å². The van der Waals surface area contributed by atoms with E-state index in [0.29, 0.717) is 27.8 Å². The van der Waals surface area contributed by atoms with E-state index in [0.717, 1.165) is 22.3 Å². The van der Waals surface area contributed by atoms with Gasteiger partial charge in [0.15, 0.2) is 0 Å². The van der Waals surface area contributed by atoms with Crippen molar-refractivity contribution < 1.29 is 48.0 Å². The molecule has 3 atom stereocenters. The van der Waals surface area contributed by atoms with E-state index in [4.69, 9.17) is 18.9 Å². The number of rotatable bonds is 15. The Morgan fingerprint density at radius 2 is 1.22 bits per heavy atom. The molecule has 4 aromatic carbocycles. The number of aromatic nitrogens is 1. The third-order valence-electron chi connectivity index (χ3n) is 10.5. The number of benzene rings is 4. The molecule has 1 aliphatic rings. The molecular weight excluding hydrogens is 829 g/mol. The third-order valence-corrected chi connectivity index (χ3v) is 10.5. The summed E-state index contributed by atoms with van der Waals surface area (Å²) < 4.78 is 24.8. The summed E-state index contributed by atoms with van der Waals surface area (Å²) in [6.07, 6.45) is -0.174. The molecule has 0 bridgehead atoms. The summed E-state index contributed by atoms with van der Waals surface area (Å²) in [6.45, 7) is 16.0. The quantitative estimate of drug-likeness (QED) is 0.0800. The Hall–Kier alpha value is -6.67. The van der Waals surface area contributed by atoms with E-state index in [1.807, 2.05) is 69.3 Å². The number of carboxylic acid groups (broad SMARTS) is 1. The molecule has 14 heteroatoms. The van der Waals surface area contributed by atoms with Crippen molar-refractivity contribution >= 4 is 40.9 Å². The van der Waals surface area contributed by atoms with Gasteiger partial charge in [-0.3, -0.25) is 14.2 Å². The fraction of sp³-hybridized carbons (Fsp3) is 0.392. The summed E-state index contributed by atoms with van der Waals surface area (Å²) in [7, 11) is 0. The summed E-state index contributed by atoms with van der Waals surface area (Å²) in [6, 6.07) is 25.7. The number of hydrogen-bond donors (Lipinski definition) is 4. The van der Waals surface area contributed by atoms with Crippen molar-refractivity contribution in [3.8, 4) is 16.9 Å². The molecular formula is C51H60N4O10. The van der Waals surface area contributed by atoms with E-state index >= 15 is 0 Å². The lowest BCUT2D eigenvalue weighted by Crippen LogP contribution is -2.58. The van der Waals surface area contributed by atoms with Gasteiger partial charge in [0.25, 0.3) is 0 Å². The highest BCUT2D eigenvalue weighted by atomic mass is 16.6. The fourth-order valence-electron chi connectivity index (χ4n) is 7.63. The molecule has 0 saturated heterocycles. The van der Waals surface area contributed by atoms with Gasteiger partial charge in [0, 0.05) is 30.3 Å². The van der Waals surface area contributed by atoms with Crippen LogP contribution in [0.25, 0.3) is 22.0 Å². The summed E-state index contributed by atoms with van der Waals surface area (Å²) in [5.41, 5.74) is 3.78. The van der Waals surface area contributed by atoms with Crippen LogP contribution in [0.1, 0.15) is 90.5 Å². The highest BCUT2D eigenvalue weighted by molar-refractivity contribution is 5.95. The first-order valence-corrected chi connectivity index (χ1v) is 21.7. The van der Waals surface area contributed by atoms with Crippen LogP contribution in [0.5, 0.6) is 5.75 Å². The highest BCUT2D eigenvalue weighted by Gasteiger charge is 2.34. The van der Waals surface area contributed by atoms with Gasteiger partial charge in [-0.05, 0) is 114 Å². The van der Waals surface area contributed by atoms with Crippen LogP contribution in [0, 0.1) is 0 Å². The molecule has 0 unspecified atom stereocenters. The number of carbonyl (C=O) groups excluding carboxylic acids is 4. The van der Waals surface area contributed by atoms with Crippen LogP contribution in [-0.4, -0.2) is 87.8 Å². The highest BCUT2D eigenvalue weighted by Crippen LogP contribution is 2.44. The Kier molecular flexibility index (Phi) is 14.4. The number of hydrogen-bond acceptors (Lipinski definition) is 9. The molecule has 5 aromatic rings. The Morgan fingerprint density at radius 1 is 0.646 bits per heavy atom. The number of carbonyl (C=O) groups is 5. The van der Waals surface area contributed by atoms with Crippen molar-refractivity contribution in [3.05, 3.63) is 126 Å². The summed E-state index contributed by atoms with van der Waals surface area (Å²) in [5.74, 6) is -2.54.